The third kappa shape index (κ3) is 6.45. The van der Waals surface area contributed by atoms with Gasteiger partial charge in [0.15, 0.2) is 0 Å². The molecule has 0 aromatic carbocycles. The van der Waals surface area contributed by atoms with Gasteiger partial charge >= 0.3 is 0 Å². The van der Waals surface area contributed by atoms with E-state index in [2.05, 4.69) is 27.4 Å². The maximum atomic E-state index is 5.37. The zero-order valence-electron chi connectivity index (χ0n) is 15.6. The number of aromatic nitrogens is 1. The van der Waals surface area contributed by atoms with Crippen molar-refractivity contribution in [3.05, 3.63) is 16.1 Å². The third-order valence-corrected chi connectivity index (χ3v) is 6.31. The molecule has 144 valence electrons. The molecule has 0 spiro atoms. The molecule has 1 N–H and O–H groups in total. The fourth-order valence-corrected chi connectivity index (χ4v) is 4.56. The molecule has 2 aliphatic heterocycles. The average Bonchev–Trinajstić information content (AvgIpc) is 2.97. The number of nitrogens with one attached hydrogen (secondary N) is 1. The molecule has 1 aromatic rings. The lowest BCUT2D eigenvalue weighted by Gasteiger charge is -2.29. The van der Waals surface area contributed by atoms with Gasteiger partial charge in [0.1, 0.15) is 11.1 Å². The van der Waals surface area contributed by atoms with E-state index in [1.165, 1.54) is 64.2 Å². The van der Waals surface area contributed by atoms with Gasteiger partial charge in [-0.25, -0.2) is 4.98 Å². The number of rotatable bonds is 6. The van der Waals surface area contributed by atoms with Gasteiger partial charge in [0.25, 0.3) is 0 Å². The van der Waals surface area contributed by atoms with Crippen LogP contribution in [-0.2, 0) is 11.3 Å². The largest absolute Gasteiger partial charge is 0.375 e. The van der Waals surface area contributed by atoms with E-state index in [0.717, 1.165) is 24.0 Å². The summed E-state index contributed by atoms with van der Waals surface area (Å²) in [5.74, 6) is 0.849. The van der Waals surface area contributed by atoms with Crippen LogP contribution in [0.3, 0.4) is 0 Å². The van der Waals surface area contributed by atoms with Gasteiger partial charge < -0.3 is 15.0 Å². The van der Waals surface area contributed by atoms with Gasteiger partial charge in [0.2, 0.25) is 0 Å². The van der Waals surface area contributed by atoms with Crippen molar-refractivity contribution >= 4 is 23.7 Å². The smallest absolute Gasteiger partial charge is 0.122 e. The van der Waals surface area contributed by atoms with E-state index >= 15 is 0 Å². The zero-order valence-corrected chi connectivity index (χ0v) is 17.2. The summed E-state index contributed by atoms with van der Waals surface area (Å²) in [7, 11) is 1.75. The molecule has 2 unspecified atom stereocenters. The van der Waals surface area contributed by atoms with E-state index < -0.39 is 0 Å². The predicted molar refractivity (Wildman–Crippen MR) is 107 cm³/mol. The van der Waals surface area contributed by atoms with Crippen molar-refractivity contribution in [2.24, 2.45) is 5.92 Å². The van der Waals surface area contributed by atoms with E-state index in [0.29, 0.717) is 0 Å². The standard InChI is InChI=1S/C18H32N4OS.ClH/c1-15(23-2)18-20-17(14-24-18)13-22-8-4-7-21(9-10-22)12-16-5-3-6-19-11-16;/h14-16,19H,3-13H2,1-2H3;1H. The van der Waals surface area contributed by atoms with Gasteiger partial charge in [-0.05, 0) is 58.3 Å². The highest BCUT2D eigenvalue weighted by Crippen LogP contribution is 2.21. The molecule has 2 aliphatic rings. The Labute approximate surface area is 162 Å². The summed E-state index contributed by atoms with van der Waals surface area (Å²) in [6, 6.07) is 0. The summed E-state index contributed by atoms with van der Waals surface area (Å²) in [6.07, 6.45) is 4.11. The summed E-state index contributed by atoms with van der Waals surface area (Å²) in [6.45, 7) is 11.5. The van der Waals surface area contributed by atoms with Crippen molar-refractivity contribution in [2.45, 2.75) is 38.8 Å². The van der Waals surface area contributed by atoms with Crippen LogP contribution in [0, 0.1) is 5.92 Å². The van der Waals surface area contributed by atoms with Crippen molar-refractivity contribution in [2.75, 3.05) is 52.9 Å². The molecular formula is C18H33ClN4OS. The van der Waals surface area contributed by atoms with Crippen molar-refractivity contribution in [1.29, 1.82) is 0 Å². The van der Waals surface area contributed by atoms with Gasteiger partial charge in [-0.15, -0.1) is 23.7 Å². The van der Waals surface area contributed by atoms with Crippen LogP contribution < -0.4 is 5.32 Å². The molecule has 0 saturated carbocycles. The molecule has 25 heavy (non-hydrogen) atoms. The lowest BCUT2D eigenvalue weighted by molar-refractivity contribution is 0.119. The molecule has 3 heterocycles. The van der Waals surface area contributed by atoms with E-state index in [4.69, 9.17) is 9.72 Å². The van der Waals surface area contributed by atoms with Crippen LogP contribution in [-0.4, -0.2) is 67.7 Å². The molecule has 7 heteroatoms. The molecule has 5 nitrogen and oxygen atoms in total. The van der Waals surface area contributed by atoms with Crippen LogP contribution in [0.4, 0.5) is 0 Å². The molecule has 0 amide bonds. The normalized spacial score (nSPS) is 24.5. The number of nitrogens with zero attached hydrogens (tertiary/aromatic N) is 3. The van der Waals surface area contributed by atoms with Crippen LogP contribution >= 0.6 is 23.7 Å². The van der Waals surface area contributed by atoms with Crippen molar-refractivity contribution in [1.82, 2.24) is 20.1 Å². The second-order valence-corrected chi connectivity index (χ2v) is 8.09. The first-order chi connectivity index (χ1) is 11.7. The molecule has 2 fully saturated rings. The Morgan fingerprint density at radius 2 is 2.08 bits per heavy atom. The van der Waals surface area contributed by atoms with Crippen LogP contribution in [0.15, 0.2) is 5.38 Å². The van der Waals surface area contributed by atoms with Crippen LogP contribution in [0.2, 0.25) is 0 Å². The Hall–Kier alpha value is -0.240. The van der Waals surface area contributed by atoms with Gasteiger partial charge in [-0.3, -0.25) is 4.90 Å². The quantitative estimate of drug-likeness (QED) is 0.811. The number of ether oxygens (including phenoxy) is 1. The summed E-state index contributed by atoms with van der Waals surface area (Å²) in [4.78, 5) is 9.99. The lowest BCUT2D eigenvalue weighted by Crippen LogP contribution is -2.39. The maximum Gasteiger partial charge on any atom is 0.122 e. The number of methoxy groups -OCH3 is 1. The van der Waals surface area contributed by atoms with Crippen LogP contribution in [0.5, 0.6) is 0 Å². The number of piperidine rings is 1. The number of hydrogen-bond acceptors (Lipinski definition) is 6. The fraction of sp³-hybridized carbons (Fsp3) is 0.833. The van der Waals surface area contributed by atoms with Gasteiger partial charge in [-0.1, -0.05) is 0 Å². The number of thiazole rings is 1. The number of hydrogen-bond donors (Lipinski definition) is 1. The highest BCUT2D eigenvalue weighted by atomic mass is 35.5. The predicted octanol–water partition coefficient (Wildman–Crippen LogP) is 2.78. The Morgan fingerprint density at radius 3 is 2.84 bits per heavy atom. The van der Waals surface area contributed by atoms with Crippen molar-refractivity contribution in [3.8, 4) is 0 Å². The second-order valence-electron chi connectivity index (χ2n) is 7.20. The van der Waals surface area contributed by atoms with E-state index in [-0.39, 0.29) is 18.5 Å². The van der Waals surface area contributed by atoms with Gasteiger partial charge in [0, 0.05) is 38.7 Å². The molecule has 0 bridgehead atoms. The van der Waals surface area contributed by atoms with Crippen LogP contribution in [0.25, 0.3) is 0 Å². The first kappa shape index (κ1) is 21.1. The Morgan fingerprint density at radius 1 is 1.28 bits per heavy atom. The minimum Gasteiger partial charge on any atom is -0.375 e. The highest BCUT2D eigenvalue weighted by Gasteiger charge is 2.20. The zero-order chi connectivity index (χ0) is 16.8. The van der Waals surface area contributed by atoms with Crippen molar-refractivity contribution < 1.29 is 4.74 Å². The highest BCUT2D eigenvalue weighted by molar-refractivity contribution is 7.09. The molecular weight excluding hydrogens is 356 g/mol. The summed E-state index contributed by atoms with van der Waals surface area (Å²) in [5.41, 5.74) is 1.20. The summed E-state index contributed by atoms with van der Waals surface area (Å²) >= 11 is 1.72. The molecule has 0 aliphatic carbocycles. The molecule has 1 aromatic heterocycles. The Balaban J connectivity index is 0.00000225. The maximum absolute atomic E-state index is 5.37. The summed E-state index contributed by atoms with van der Waals surface area (Å²) in [5, 5.41) is 6.83. The average molecular weight is 389 g/mol. The van der Waals surface area contributed by atoms with Crippen LogP contribution in [0.1, 0.15) is 43.0 Å². The van der Waals surface area contributed by atoms with E-state index in [1.54, 1.807) is 18.4 Å². The van der Waals surface area contributed by atoms with E-state index in [1.807, 2.05) is 0 Å². The van der Waals surface area contributed by atoms with Crippen molar-refractivity contribution in [3.63, 3.8) is 0 Å². The van der Waals surface area contributed by atoms with Gasteiger partial charge in [0.05, 0.1) is 5.69 Å². The first-order valence-electron chi connectivity index (χ1n) is 9.37. The fourth-order valence-electron chi connectivity index (χ4n) is 3.72. The molecule has 0 radical (unpaired) electrons. The molecule has 2 saturated heterocycles. The monoisotopic (exact) mass is 388 g/mol. The molecule has 3 rings (SSSR count). The lowest BCUT2D eigenvalue weighted by atomic mass is 9.99. The van der Waals surface area contributed by atoms with E-state index in [9.17, 15) is 0 Å². The SMILES string of the molecule is COC(C)c1nc(CN2CCCN(CC3CCCNC3)CC2)cs1.Cl. The number of halogens is 1. The van der Waals surface area contributed by atoms with Gasteiger partial charge in [-0.2, -0.15) is 0 Å². The third-order valence-electron chi connectivity index (χ3n) is 5.25. The molecule has 2 atom stereocenters. The summed E-state index contributed by atoms with van der Waals surface area (Å²) < 4.78 is 5.37. The second kappa shape index (κ2) is 10.8. The Bertz CT molecular complexity index is 495. The topological polar surface area (TPSA) is 40.6 Å². The first-order valence-corrected chi connectivity index (χ1v) is 10.2. The Kier molecular flexibility index (Phi) is 9.10. The minimum atomic E-state index is 0. The minimum absolute atomic E-state index is 0.